The van der Waals surface area contributed by atoms with Crippen LogP contribution in [-0.2, 0) is 4.79 Å². The predicted octanol–water partition coefficient (Wildman–Crippen LogP) is 5.19. The van der Waals surface area contributed by atoms with E-state index in [9.17, 15) is 19.7 Å². The second-order valence-electron chi connectivity index (χ2n) is 7.70. The fourth-order valence-electron chi connectivity index (χ4n) is 3.86. The van der Waals surface area contributed by atoms with Gasteiger partial charge in [0.15, 0.2) is 5.16 Å². The number of nitro benzene ring substituents is 1. The monoisotopic (exact) mass is 472 g/mol. The maximum Gasteiger partial charge on any atom is 0.271 e. The van der Waals surface area contributed by atoms with Crippen LogP contribution >= 0.6 is 23.4 Å². The Labute approximate surface area is 193 Å². The minimum Gasteiger partial charge on any atom is -0.324 e. The van der Waals surface area contributed by atoms with Gasteiger partial charge in [-0.05, 0) is 38.0 Å². The third-order valence-corrected chi connectivity index (χ3v) is 6.92. The van der Waals surface area contributed by atoms with Gasteiger partial charge >= 0.3 is 0 Å². The van der Waals surface area contributed by atoms with Gasteiger partial charge in [-0.25, -0.2) is 4.98 Å². The maximum absolute atomic E-state index is 13.2. The number of nitro groups is 1. The van der Waals surface area contributed by atoms with Crippen molar-refractivity contribution in [3.05, 3.63) is 68.0 Å². The summed E-state index contributed by atoms with van der Waals surface area (Å²) >= 11 is 7.31. The van der Waals surface area contributed by atoms with Gasteiger partial charge in [-0.3, -0.25) is 24.3 Å². The number of aromatic nitrogens is 2. The number of amides is 1. The molecule has 1 atom stereocenters. The van der Waals surface area contributed by atoms with Crippen molar-refractivity contribution in [2.45, 2.75) is 49.1 Å². The highest BCUT2D eigenvalue weighted by Gasteiger charge is 2.26. The number of carbonyl (C=O) groups is 1. The molecule has 1 heterocycles. The number of hydrogen-bond acceptors (Lipinski definition) is 6. The number of thioether (sulfide) groups is 1. The van der Waals surface area contributed by atoms with Crippen molar-refractivity contribution in [1.82, 2.24) is 9.55 Å². The average Bonchev–Trinajstić information content (AvgIpc) is 3.29. The molecular weight excluding hydrogens is 452 g/mol. The topological polar surface area (TPSA) is 107 Å². The lowest BCUT2D eigenvalue weighted by atomic mass is 10.2. The lowest BCUT2D eigenvalue weighted by Crippen LogP contribution is -2.29. The molecule has 1 fully saturated rings. The van der Waals surface area contributed by atoms with Crippen LogP contribution in [0.1, 0.15) is 38.6 Å². The van der Waals surface area contributed by atoms with Gasteiger partial charge in [0.05, 0.1) is 31.8 Å². The van der Waals surface area contributed by atoms with E-state index in [1.165, 1.54) is 30.0 Å². The molecule has 1 aromatic heterocycles. The van der Waals surface area contributed by atoms with E-state index in [-0.39, 0.29) is 33.9 Å². The summed E-state index contributed by atoms with van der Waals surface area (Å²) in [5, 5.41) is 14.2. The summed E-state index contributed by atoms with van der Waals surface area (Å²) in [6.45, 7) is 1.72. The summed E-state index contributed by atoms with van der Waals surface area (Å²) in [6.07, 6.45) is 3.93. The van der Waals surface area contributed by atoms with Gasteiger partial charge in [0, 0.05) is 18.2 Å². The molecule has 1 unspecified atom stereocenters. The molecule has 0 spiro atoms. The van der Waals surface area contributed by atoms with Gasteiger partial charge < -0.3 is 5.32 Å². The Morgan fingerprint density at radius 1 is 1.28 bits per heavy atom. The van der Waals surface area contributed by atoms with Crippen molar-refractivity contribution < 1.29 is 9.72 Å². The smallest absolute Gasteiger partial charge is 0.271 e. The lowest BCUT2D eigenvalue weighted by Gasteiger charge is -2.20. The van der Waals surface area contributed by atoms with Gasteiger partial charge in [0.25, 0.3) is 11.2 Å². The number of fused-ring (bicyclic) bond motifs is 1. The molecule has 166 valence electrons. The van der Waals surface area contributed by atoms with Crippen LogP contribution in [-0.4, -0.2) is 25.6 Å². The van der Waals surface area contributed by atoms with E-state index in [0.29, 0.717) is 16.1 Å². The summed E-state index contributed by atoms with van der Waals surface area (Å²) in [4.78, 5) is 41.1. The highest BCUT2D eigenvalue weighted by Crippen LogP contribution is 2.34. The molecule has 1 aliphatic rings. The van der Waals surface area contributed by atoms with E-state index in [1.807, 2.05) is 12.1 Å². The molecule has 1 amide bonds. The average molecular weight is 473 g/mol. The van der Waals surface area contributed by atoms with Crippen molar-refractivity contribution >= 4 is 51.5 Å². The highest BCUT2D eigenvalue weighted by atomic mass is 35.5. The van der Waals surface area contributed by atoms with Crippen LogP contribution in [0.15, 0.2) is 52.4 Å². The van der Waals surface area contributed by atoms with E-state index in [1.54, 1.807) is 23.6 Å². The molecule has 8 nitrogen and oxygen atoms in total. The lowest BCUT2D eigenvalue weighted by molar-refractivity contribution is -0.384. The van der Waals surface area contributed by atoms with Gasteiger partial charge in [-0.2, -0.15) is 0 Å². The van der Waals surface area contributed by atoms with Crippen LogP contribution in [0.4, 0.5) is 11.4 Å². The summed E-state index contributed by atoms with van der Waals surface area (Å²) in [7, 11) is 0. The standard InChI is InChI=1S/C22H21ClN4O4S/c1-13(20(28)24-19-11-10-15(27(30)31)12-17(19)23)32-22-25-18-9-5-4-8-16(18)21(29)26(22)14-6-2-3-7-14/h4-5,8-14H,2-3,6-7H2,1H3,(H,24,28). The molecule has 1 N–H and O–H groups in total. The van der Waals surface area contributed by atoms with E-state index in [4.69, 9.17) is 16.6 Å². The second kappa shape index (κ2) is 9.30. The third kappa shape index (κ3) is 4.49. The van der Waals surface area contributed by atoms with E-state index in [2.05, 4.69) is 5.32 Å². The van der Waals surface area contributed by atoms with Gasteiger partial charge in [-0.1, -0.05) is 48.3 Å². The van der Waals surface area contributed by atoms with Crippen molar-refractivity contribution in [1.29, 1.82) is 0 Å². The number of halogens is 1. The van der Waals surface area contributed by atoms with Crippen LogP contribution in [0.25, 0.3) is 10.9 Å². The molecule has 0 aliphatic heterocycles. The number of non-ortho nitro benzene ring substituents is 1. The first-order valence-corrected chi connectivity index (χ1v) is 11.5. The Morgan fingerprint density at radius 2 is 2.00 bits per heavy atom. The molecule has 10 heteroatoms. The first kappa shape index (κ1) is 22.3. The number of benzene rings is 2. The fraction of sp³-hybridized carbons (Fsp3) is 0.318. The predicted molar refractivity (Wildman–Crippen MR) is 126 cm³/mol. The Bertz CT molecular complexity index is 1260. The minimum absolute atomic E-state index is 0.0708. The first-order valence-electron chi connectivity index (χ1n) is 10.3. The van der Waals surface area contributed by atoms with Gasteiger partial charge in [0.1, 0.15) is 0 Å². The number of nitrogens with one attached hydrogen (secondary N) is 1. The molecular formula is C22H21ClN4O4S. The molecule has 1 saturated carbocycles. The quantitative estimate of drug-likeness (QED) is 0.229. The normalized spacial score (nSPS) is 15.1. The zero-order chi connectivity index (χ0) is 22.8. The number of hydrogen-bond donors (Lipinski definition) is 1. The van der Waals surface area contributed by atoms with Crippen molar-refractivity contribution in [2.24, 2.45) is 0 Å². The molecule has 1 aliphatic carbocycles. The van der Waals surface area contributed by atoms with Crippen LogP contribution in [0.5, 0.6) is 0 Å². The Kier molecular flexibility index (Phi) is 6.48. The fourth-order valence-corrected chi connectivity index (χ4v) is 5.06. The van der Waals surface area contributed by atoms with Crippen LogP contribution in [0.2, 0.25) is 5.02 Å². The third-order valence-electron chi connectivity index (χ3n) is 5.54. The summed E-state index contributed by atoms with van der Waals surface area (Å²) in [5.41, 5.74) is 0.641. The zero-order valence-electron chi connectivity index (χ0n) is 17.3. The van der Waals surface area contributed by atoms with Gasteiger partial charge in [-0.15, -0.1) is 0 Å². The van der Waals surface area contributed by atoms with E-state index < -0.39 is 10.2 Å². The minimum atomic E-state index is -0.582. The molecule has 4 rings (SSSR count). The van der Waals surface area contributed by atoms with E-state index in [0.717, 1.165) is 25.7 Å². The Hall–Kier alpha value is -2.91. The van der Waals surface area contributed by atoms with Crippen LogP contribution < -0.4 is 10.9 Å². The van der Waals surface area contributed by atoms with Crippen LogP contribution in [0, 0.1) is 10.1 Å². The van der Waals surface area contributed by atoms with Crippen molar-refractivity contribution in [3.8, 4) is 0 Å². The molecule has 0 bridgehead atoms. The Balaban J connectivity index is 1.61. The first-order chi connectivity index (χ1) is 15.3. The SMILES string of the molecule is CC(Sc1nc2ccccc2c(=O)n1C1CCCC1)C(=O)Nc1ccc([N+](=O)[O-])cc1Cl. The van der Waals surface area contributed by atoms with E-state index >= 15 is 0 Å². The highest BCUT2D eigenvalue weighted by molar-refractivity contribution is 8.00. The van der Waals surface area contributed by atoms with Crippen molar-refractivity contribution in [2.75, 3.05) is 5.32 Å². The summed E-state index contributed by atoms with van der Waals surface area (Å²) in [6, 6.07) is 11.2. The molecule has 2 aromatic carbocycles. The molecule has 32 heavy (non-hydrogen) atoms. The molecule has 3 aromatic rings. The summed E-state index contributed by atoms with van der Waals surface area (Å²) < 4.78 is 1.74. The van der Waals surface area contributed by atoms with Gasteiger partial charge in [0.2, 0.25) is 5.91 Å². The number of anilines is 1. The molecule has 0 saturated heterocycles. The molecule has 0 radical (unpaired) electrons. The largest absolute Gasteiger partial charge is 0.324 e. The number of nitrogens with zero attached hydrogens (tertiary/aromatic N) is 3. The number of para-hydroxylation sites is 1. The maximum atomic E-state index is 13.2. The van der Waals surface area contributed by atoms with Crippen LogP contribution in [0.3, 0.4) is 0 Å². The van der Waals surface area contributed by atoms with Crippen molar-refractivity contribution in [3.63, 3.8) is 0 Å². The second-order valence-corrected chi connectivity index (χ2v) is 9.41. The zero-order valence-corrected chi connectivity index (χ0v) is 18.9. The number of carbonyl (C=O) groups excluding carboxylic acids is 1. The summed E-state index contributed by atoms with van der Waals surface area (Å²) in [5.74, 6) is -0.342. The number of rotatable bonds is 6. The Morgan fingerprint density at radius 3 is 2.69 bits per heavy atom.